The number of fused-ring (bicyclic) bond motifs is 1. The zero-order chi connectivity index (χ0) is 9.42. The average molecular weight is 258 g/mol. The molecular formula is C9H8BrNOS. The lowest BCUT2D eigenvalue weighted by atomic mass is 10.1. The summed E-state index contributed by atoms with van der Waals surface area (Å²) in [5.41, 5.74) is 0.831. The van der Waals surface area contributed by atoms with Crippen LogP contribution in [0.4, 0.5) is 0 Å². The van der Waals surface area contributed by atoms with Crippen molar-refractivity contribution in [2.75, 3.05) is 13.6 Å². The van der Waals surface area contributed by atoms with Crippen molar-refractivity contribution in [3.8, 4) is 0 Å². The van der Waals surface area contributed by atoms with Crippen molar-refractivity contribution >= 4 is 33.7 Å². The lowest BCUT2D eigenvalue weighted by molar-refractivity contribution is 0.0969. The molecular weight excluding hydrogens is 250 g/mol. The first kappa shape index (κ1) is 9.24. The van der Waals surface area contributed by atoms with Crippen LogP contribution < -0.4 is 0 Å². The first-order valence-corrected chi connectivity index (χ1v) is 5.45. The highest BCUT2D eigenvalue weighted by Gasteiger charge is 2.21. The van der Waals surface area contributed by atoms with E-state index in [1.807, 2.05) is 29.6 Å². The zero-order valence-corrected chi connectivity index (χ0v) is 9.48. The molecule has 0 unspecified atom stereocenters. The van der Waals surface area contributed by atoms with Crippen LogP contribution >= 0.6 is 27.9 Å². The van der Waals surface area contributed by atoms with E-state index in [4.69, 9.17) is 0 Å². The van der Waals surface area contributed by atoms with E-state index in [0.717, 1.165) is 14.9 Å². The zero-order valence-electron chi connectivity index (χ0n) is 7.08. The van der Waals surface area contributed by atoms with Gasteiger partial charge in [-0.3, -0.25) is 4.79 Å². The average Bonchev–Trinajstić information content (AvgIpc) is 2.06. The summed E-state index contributed by atoms with van der Waals surface area (Å²) >= 11 is 4.97. The summed E-state index contributed by atoms with van der Waals surface area (Å²) in [7, 11) is 1.92. The molecule has 4 heteroatoms. The van der Waals surface area contributed by atoms with Gasteiger partial charge in [-0.1, -0.05) is 15.9 Å². The second-order valence-electron chi connectivity index (χ2n) is 2.94. The van der Waals surface area contributed by atoms with Gasteiger partial charge < -0.3 is 0 Å². The van der Waals surface area contributed by atoms with Gasteiger partial charge in [-0.2, -0.15) is 0 Å². The number of nitrogens with zero attached hydrogens (tertiary/aromatic N) is 1. The number of carbonyl (C=O) groups is 1. The lowest BCUT2D eigenvalue weighted by Crippen LogP contribution is -2.25. The van der Waals surface area contributed by atoms with Crippen LogP contribution in [0.25, 0.3) is 0 Å². The van der Waals surface area contributed by atoms with Crippen molar-refractivity contribution in [3.05, 3.63) is 28.2 Å². The smallest absolute Gasteiger partial charge is 0.178 e. The van der Waals surface area contributed by atoms with Crippen molar-refractivity contribution in [2.24, 2.45) is 0 Å². The highest BCUT2D eigenvalue weighted by atomic mass is 79.9. The van der Waals surface area contributed by atoms with Gasteiger partial charge in [0.05, 0.1) is 6.54 Å². The summed E-state index contributed by atoms with van der Waals surface area (Å²) in [6.07, 6.45) is 0. The van der Waals surface area contributed by atoms with E-state index in [1.54, 1.807) is 11.9 Å². The molecule has 1 heterocycles. The summed E-state index contributed by atoms with van der Waals surface area (Å²) < 4.78 is 2.91. The van der Waals surface area contributed by atoms with E-state index in [9.17, 15) is 4.79 Å². The first-order chi connectivity index (χ1) is 6.16. The van der Waals surface area contributed by atoms with E-state index in [2.05, 4.69) is 15.9 Å². The molecule has 0 fully saturated rings. The Morgan fingerprint density at radius 3 is 3.08 bits per heavy atom. The van der Waals surface area contributed by atoms with Crippen LogP contribution in [0.5, 0.6) is 0 Å². The van der Waals surface area contributed by atoms with E-state index >= 15 is 0 Å². The molecule has 68 valence electrons. The van der Waals surface area contributed by atoms with Crippen LogP contribution in [-0.2, 0) is 0 Å². The van der Waals surface area contributed by atoms with E-state index < -0.39 is 0 Å². The third-order valence-corrected chi connectivity index (χ3v) is 3.35. The van der Waals surface area contributed by atoms with Gasteiger partial charge in [-0.25, -0.2) is 4.31 Å². The van der Waals surface area contributed by atoms with E-state index in [-0.39, 0.29) is 5.78 Å². The molecule has 0 aliphatic carbocycles. The van der Waals surface area contributed by atoms with Crippen molar-refractivity contribution in [3.63, 3.8) is 0 Å². The number of hydrogen-bond donors (Lipinski definition) is 0. The molecule has 0 saturated carbocycles. The molecule has 0 bridgehead atoms. The fourth-order valence-electron chi connectivity index (χ4n) is 1.29. The summed E-state index contributed by atoms with van der Waals surface area (Å²) in [6, 6.07) is 5.81. The van der Waals surface area contributed by atoms with Crippen molar-refractivity contribution in [1.29, 1.82) is 0 Å². The predicted molar refractivity (Wildman–Crippen MR) is 57.0 cm³/mol. The van der Waals surface area contributed by atoms with Crippen LogP contribution in [0, 0.1) is 0 Å². The predicted octanol–water partition coefficient (Wildman–Crippen LogP) is 2.58. The monoisotopic (exact) mass is 257 g/mol. The summed E-state index contributed by atoms with van der Waals surface area (Å²) in [4.78, 5) is 12.6. The molecule has 0 radical (unpaired) electrons. The third-order valence-electron chi connectivity index (χ3n) is 1.86. The SMILES string of the molecule is CN1CC(=O)c2cc(Br)ccc2S1. The Balaban J connectivity index is 2.49. The Morgan fingerprint density at radius 2 is 2.31 bits per heavy atom. The normalized spacial score (nSPS) is 17.2. The fraction of sp³-hybridized carbons (Fsp3) is 0.222. The molecule has 0 saturated heterocycles. The number of Topliss-reactive ketones (excluding diaryl/α,β-unsaturated/α-hetero) is 1. The maximum Gasteiger partial charge on any atom is 0.178 e. The minimum absolute atomic E-state index is 0.192. The third kappa shape index (κ3) is 1.80. The van der Waals surface area contributed by atoms with Gasteiger partial charge in [-0.05, 0) is 37.2 Å². The molecule has 1 aromatic rings. The van der Waals surface area contributed by atoms with Crippen molar-refractivity contribution in [2.45, 2.75) is 4.90 Å². The van der Waals surface area contributed by atoms with Crippen LogP contribution in [0.2, 0.25) is 0 Å². The van der Waals surface area contributed by atoms with Crippen LogP contribution in [0.15, 0.2) is 27.6 Å². The minimum Gasteiger partial charge on any atom is -0.293 e. The molecule has 0 atom stereocenters. The number of ketones is 1. The Morgan fingerprint density at radius 1 is 1.54 bits per heavy atom. The number of benzene rings is 1. The van der Waals surface area contributed by atoms with Gasteiger partial charge in [0.25, 0.3) is 0 Å². The van der Waals surface area contributed by atoms with Gasteiger partial charge in [-0.15, -0.1) is 0 Å². The quantitative estimate of drug-likeness (QED) is 0.667. The summed E-state index contributed by atoms with van der Waals surface area (Å²) in [5.74, 6) is 0.192. The van der Waals surface area contributed by atoms with Gasteiger partial charge in [0.15, 0.2) is 5.78 Å². The molecule has 13 heavy (non-hydrogen) atoms. The highest BCUT2D eigenvalue weighted by molar-refractivity contribution is 9.10. The number of rotatable bonds is 0. The number of hydrogen-bond acceptors (Lipinski definition) is 3. The maximum absolute atomic E-state index is 11.6. The number of halogens is 1. The topological polar surface area (TPSA) is 20.3 Å². The Kier molecular flexibility index (Phi) is 2.45. The standard InChI is InChI=1S/C9H8BrNOS/c1-11-5-8(12)7-4-6(10)2-3-9(7)13-11/h2-4H,5H2,1H3. The molecule has 0 spiro atoms. The van der Waals surface area contributed by atoms with Crippen LogP contribution in [-0.4, -0.2) is 23.7 Å². The molecule has 0 amide bonds. The molecule has 1 aromatic carbocycles. The lowest BCUT2D eigenvalue weighted by Gasteiger charge is -2.22. The van der Waals surface area contributed by atoms with Gasteiger partial charge in [0.2, 0.25) is 0 Å². The molecule has 0 aromatic heterocycles. The van der Waals surface area contributed by atoms with Gasteiger partial charge in [0.1, 0.15) is 0 Å². The maximum atomic E-state index is 11.6. The molecule has 1 aliphatic rings. The van der Waals surface area contributed by atoms with E-state index in [1.165, 1.54) is 0 Å². The molecule has 1 aliphatic heterocycles. The van der Waals surface area contributed by atoms with Gasteiger partial charge >= 0.3 is 0 Å². The largest absolute Gasteiger partial charge is 0.293 e. The highest BCUT2D eigenvalue weighted by Crippen LogP contribution is 2.31. The number of carbonyl (C=O) groups excluding carboxylic acids is 1. The Bertz CT molecular complexity index is 367. The van der Waals surface area contributed by atoms with Crippen LogP contribution in [0.1, 0.15) is 10.4 Å². The second kappa shape index (κ2) is 3.44. The fourth-order valence-corrected chi connectivity index (χ4v) is 2.57. The Hall–Kier alpha value is -0.320. The van der Waals surface area contributed by atoms with Crippen molar-refractivity contribution in [1.82, 2.24) is 4.31 Å². The molecule has 2 nitrogen and oxygen atoms in total. The second-order valence-corrected chi connectivity index (χ2v) is 5.10. The van der Waals surface area contributed by atoms with E-state index in [0.29, 0.717) is 6.54 Å². The minimum atomic E-state index is 0.192. The summed E-state index contributed by atoms with van der Waals surface area (Å²) in [5, 5.41) is 0. The molecule has 2 rings (SSSR count). The van der Waals surface area contributed by atoms with Crippen LogP contribution in [0.3, 0.4) is 0 Å². The van der Waals surface area contributed by atoms with Crippen molar-refractivity contribution < 1.29 is 4.79 Å². The summed E-state index contributed by atoms with van der Waals surface area (Å²) in [6.45, 7) is 0.494. The number of likely N-dealkylation sites (N-methyl/N-ethyl adjacent to an activating group) is 1. The Labute approximate surface area is 89.6 Å². The molecule has 0 N–H and O–H groups in total. The first-order valence-electron chi connectivity index (χ1n) is 3.88. The van der Waals surface area contributed by atoms with Gasteiger partial charge in [0, 0.05) is 14.9 Å².